The van der Waals surface area contributed by atoms with E-state index in [1.54, 1.807) is 18.5 Å². The van der Waals surface area contributed by atoms with Gasteiger partial charge in [-0.2, -0.15) is 0 Å². The average molecular weight is 492 g/mol. The molecule has 0 amide bonds. The van der Waals surface area contributed by atoms with Crippen LogP contribution in [0.5, 0.6) is 0 Å². The van der Waals surface area contributed by atoms with Gasteiger partial charge in [0.05, 0.1) is 34.0 Å². The molecule has 0 bridgehead atoms. The number of pyridine rings is 3. The van der Waals surface area contributed by atoms with Crippen molar-refractivity contribution < 1.29 is 13.7 Å². The van der Waals surface area contributed by atoms with Gasteiger partial charge in [0.25, 0.3) is 0 Å². The summed E-state index contributed by atoms with van der Waals surface area (Å²) in [5, 5.41) is 5.32. The van der Waals surface area contributed by atoms with Gasteiger partial charge >= 0.3 is 0 Å². The van der Waals surface area contributed by atoms with Crippen molar-refractivity contribution in [1.29, 1.82) is 0 Å². The van der Waals surface area contributed by atoms with Gasteiger partial charge in [0.2, 0.25) is 0 Å². The summed E-state index contributed by atoms with van der Waals surface area (Å²) in [7, 11) is 0. The Morgan fingerprint density at radius 2 is 1.91 bits per heavy atom. The first-order chi connectivity index (χ1) is 17.0. The molecule has 0 N–H and O–H groups in total. The summed E-state index contributed by atoms with van der Waals surface area (Å²) >= 11 is 6.36. The van der Waals surface area contributed by atoms with Gasteiger partial charge in [0.15, 0.2) is 0 Å². The molecule has 5 aromatic heterocycles. The fourth-order valence-corrected chi connectivity index (χ4v) is 5.46. The van der Waals surface area contributed by atoms with Crippen molar-refractivity contribution in [1.82, 2.24) is 24.7 Å². The Morgan fingerprint density at radius 1 is 1.09 bits per heavy atom. The monoisotopic (exact) mass is 491 g/mol. The van der Waals surface area contributed by atoms with Crippen molar-refractivity contribution in [3.05, 3.63) is 71.0 Å². The summed E-state index contributed by atoms with van der Waals surface area (Å²) in [5.74, 6) is 0.489. The van der Waals surface area contributed by atoms with Crippen LogP contribution in [-0.2, 0) is 4.74 Å². The number of hydrogen-bond donors (Lipinski definition) is 0. The van der Waals surface area contributed by atoms with Gasteiger partial charge in [-0.1, -0.05) is 16.8 Å². The predicted octanol–water partition coefficient (Wildman–Crippen LogP) is 6.06. The molecule has 0 spiro atoms. The van der Waals surface area contributed by atoms with Crippen LogP contribution in [0.2, 0.25) is 5.15 Å². The molecule has 1 unspecified atom stereocenters. The minimum Gasteiger partial charge on any atom is -0.381 e. The lowest BCUT2D eigenvalue weighted by Gasteiger charge is -2.32. The molecule has 0 radical (unpaired) electrons. The van der Waals surface area contributed by atoms with Crippen LogP contribution < -0.4 is 0 Å². The maximum Gasteiger partial charge on any atom is 0.146 e. The second-order valence-electron chi connectivity index (χ2n) is 8.95. The van der Waals surface area contributed by atoms with E-state index in [0.717, 1.165) is 51.6 Å². The number of ether oxygens (including phenoxy) is 1. The van der Waals surface area contributed by atoms with Crippen molar-refractivity contribution >= 4 is 33.5 Å². The largest absolute Gasteiger partial charge is 0.381 e. The number of nitrogens with zero attached hydrogens (tertiary/aromatic N) is 5. The van der Waals surface area contributed by atoms with Gasteiger partial charge in [0.1, 0.15) is 16.7 Å². The normalized spacial score (nSPS) is 15.8. The summed E-state index contributed by atoms with van der Waals surface area (Å²) in [6.07, 6.45) is 6.77. The van der Waals surface area contributed by atoms with Gasteiger partial charge in [-0.15, -0.1) is 0 Å². The van der Waals surface area contributed by atoms with E-state index in [1.165, 1.54) is 6.07 Å². The van der Waals surface area contributed by atoms with Crippen molar-refractivity contribution in [3.8, 4) is 11.1 Å². The Bertz CT molecular complexity index is 1540. The van der Waals surface area contributed by atoms with Crippen molar-refractivity contribution in [2.75, 3.05) is 13.2 Å². The minimum absolute atomic E-state index is 0.113. The molecule has 0 aliphatic carbocycles. The molecule has 1 fully saturated rings. The Labute approximate surface area is 205 Å². The van der Waals surface area contributed by atoms with Crippen LogP contribution in [0.3, 0.4) is 0 Å². The molecule has 1 saturated heterocycles. The van der Waals surface area contributed by atoms with Crippen LogP contribution in [0.1, 0.15) is 36.0 Å². The van der Waals surface area contributed by atoms with E-state index in [4.69, 9.17) is 25.8 Å². The van der Waals surface area contributed by atoms with Crippen LogP contribution in [0, 0.1) is 25.6 Å². The Kier molecular flexibility index (Phi) is 5.50. The van der Waals surface area contributed by atoms with Crippen LogP contribution in [0.4, 0.5) is 4.39 Å². The lowest BCUT2D eigenvalue weighted by molar-refractivity contribution is 0.0543. The minimum atomic E-state index is -0.375. The molecule has 1 aliphatic heterocycles. The smallest absolute Gasteiger partial charge is 0.146 e. The highest BCUT2D eigenvalue weighted by atomic mass is 35.5. The summed E-state index contributed by atoms with van der Waals surface area (Å²) in [6, 6.07) is 6.59. The summed E-state index contributed by atoms with van der Waals surface area (Å²) in [5.41, 5.74) is 5.42. The first-order valence-electron chi connectivity index (χ1n) is 11.6. The van der Waals surface area contributed by atoms with E-state index in [1.807, 2.05) is 26.1 Å². The second-order valence-corrected chi connectivity index (χ2v) is 9.34. The highest BCUT2D eigenvalue weighted by Gasteiger charge is 2.33. The third-order valence-electron chi connectivity index (χ3n) is 6.87. The molecular weight excluding hydrogens is 469 g/mol. The number of fused-ring (bicyclic) bond motifs is 3. The second kappa shape index (κ2) is 8.70. The fraction of sp³-hybridized carbons (Fsp3) is 0.308. The van der Waals surface area contributed by atoms with Crippen LogP contribution in [-0.4, -0.2) is 37.9 Å². The van der Waals surface area contributed by atoms with E-state index in [0.29, 0.717) is 29.8 Å². The SMILES string of the molecule is Cc1noc(C)c1-c1cnc2c3cnc(Cl)cc3n(C(c3ncccc3F)C3CCOCC3)c2c1. The van der Waals surface area contributed by atoms with E-state index in [2.05, 4.69) is 25.8 Å². The lowest BCUT2D eigenvalue weighted by atomic mass is 9.88. The van der Waals surface area contributed by atoms with E-state index < -0.39 is 0 Å². The molecule has 0 aromatic carbocycles. The van der Waals surface area contributed by atoms with Crippen molar-refractivity contribution in [3.63, 3.8) is 0 Å². The lowest BCUT2D eigenvalue weighted by Crippen LogP contribution is -2.28. The Balaban J connectivity index is 1.69. The molecule has 1 atom stereocenters. The average Bonchev–Trinajstić information content (AvgIpc) is 3.36. The van der Waals surface area contributed by atoms with Gasteiger partial charge in [0, 0.05) is 48.3 Å². The maximum atomic E-state index is 15.3. The highest BCUT2D eigenvalue weighted by Crippen LogP contribution is 2.41. The molecule has 35 heavy (non-hydrogen) atoms. The first-order valence-corrected chi connectivity index (χ1v) is 12.0. The standard InChI is InChI=1S/C26H23ClFN5O2/c1-14-23(15(2)35-32-14)17-10-21-24(31-12-17)18-13-30-22(27)11-20(18)33(21)26(16-5-8-34-9-6-16)25-19(28)4-3-7-29-25/h3-4,7,10-13,16,26H,5-6,8-9H2,1-2H3. The molecule has 5 aromatic rings. The van der Waals surface area contributed by atoms with Crippen LogP contribution >= 0.6 is 11.6 Å². The first kappa shape index (κ1) is 22.1. The highest BCUT2D eigenvalue weighted by molar-refractivity contribution is 6.30. The van der Waals surface area contributed by atoms with Gasteiger partial charge in [-0.05, 0) is 56.9 Å². The third-order valence-corrected chi connectivity index (χ3v) is 7.08. The van der Waals surface area contributed by atoms with Crippen molar-refractivity contribution in [2.45, 2.75) is 32.7 Å². The molecule has 178 valence electrons. The van der Waals surface area contributed by atoms with Gasteiger partial charge in [-0.3, -0.25) is 9.97 Å². The van der Waals surface area contributed by atoms with Crippen molar-refractivity contribution in [2.24, 2.45) is 5.92 Å². The maximum absolute atomic E-state index is 15.3. The zero-order valence-electron chi connectivity index (χ0n) is 19.3. The van der Waals surface area contributed by atoms with Crippen LogP contribution in [0.25, 0.3) is 33.1 Å². The van der Waals surface area contributed by atoms with Gasteiger partial charge in [-0.25, -0.2) is 9.37 Å². The Hall–Kier alpha value is -3.36. The molecule has 9 heteroatoms. The Morgan fingerprint density at radius 3 is 2.66 bits per heavy atom. The summed E-state index contributed by atoms with van der Waals surface area (Å²) in [6.45, 7) is 5.03. The summed E-state index contributed by atoms with van der Waals surface area (Å²) < 4.78 is 28.5. The zero-order chi connectivity index (χ0) is 24.1. The van der Waals surface area contributed by atoms with Crippen LogP contribution in [0.15, 0.2) is 47.4 Å². The molecular formula is C26H23ClFN5O2. The molecule has 6 rings (SSSR count). The zero-order valence-corrected chi connectivity index (χ0v) is 20.1. The quantitative estimate of drug-likeness (QED) is 0.284. The van der Waals surface area contributed by atoms with E-state index in [9.17, 15) is 0 Å². The molecule has 1 aliphatic rings. The number of halogens is 2. The number of aromatic nitrogens is 5. The molecule has 0 saturated carbocycles. The topological polar surface area (TPSA) is 78.9 Å². The molecule has 6 heterocycles. The number of hydrogen-bond acceptors (Lipinski definition) is 6. The third kappa shape index (κ3) is 3.68. The number of rotatable bonds is 4. The van der Waals surface area contributed by atoms with E-state index >= 15 is 4.39 Å². The van der Waals surface area contributed by atoms with E-state index in [-0.39, 0.29) is 17.8 Å². The number of aryl methyl sites for hydroxylation is 2. The predicted molar refractivity (Wildman–Crippen MR) is 131 cm³/mol. The fourth-order valence-electron chi connectivity index (χ4n) is 5.31. The molecule has 7 nitrogen and oxygen atoms in total. The van der Waals surface area contributed by atoms with Gasteiger partial charge < -0.3 is 13.8 Å². The summed E-state index contributed by atoms with van der Waals surface area (Å²) in [4.78, 5) is 13.7.